The first-order valence-corrected chi connectivity index (χ1v) is 8.38. The number of nitrogens with zero attached hydrogens (tertiary/aromatic N) is 2. The average Bonchev–Trinajstić information content (AvgIpc) is 2.48. The van der Waals surface area contributed by atoms with Gasteiger partial charge in [-0.3, -0.25) is 14.5 Å². The second kappa shape index (κ2) is 8.46. The summed E-state index contributed by atoms with van der Waals surface area (Å²) in [6, 6.07) is 6.90. The molecular weight excluding hydrogens is 330 g/mol. The summed E-state index contributed by atoms with van der Waals surface area (Å²) in [7, 11) is 1.76. The number of benzene rings is 1. The molecule has 1 aromatic carbocycles. The summed E-state index contributed by atoms with van der Waals surface area (Å²) in [4.78, 5) is 27.9. The summed E-state index contributed by atoms with van der Waals surface area (Å²) < 4.78 is 5.63. The number of hydrogen-bond acceptors (Lipinski definition) is 4. The van der Waals surface area contributed by atoms with Crippen molar-refractivity contribution in [2.45, 2.75) is 26.1 Å². The molecule has 0 aliphatic carbocycles. The smallest absolute Gasteiger partial charge is 0.238 e. The van der Waals surface area contributed by atoms with Gasteiger partial charge in [0, 0.05) is 23.8 Å². The first kappa shape index (κ1) is 18.7. The zero-order chi connectivity index (χ0) is 17.7. The van der Waals surface area contributed by atoms with E-state index in [-0.39, 0.29) is 37.1 Å². The molecule has 0 spiro atoms. The molecule has 2 amide bonds. The van der Waals surface area contributed by atoms with E-state index in [1.807, 2.05) is 13.8 Å². The number of amides is 2. The third-order valence-corrected chi connectivity index (χ3v) is 3.97. The molecule has 1 fully saturated rings. The third kappa shape index (κ3) is 5.78. The van der Waals surface area contributed by atoms with Gasteiger partial charge in [0.05, 0.1) is 25.3 Å². The van der Waals surface area contributed by atoms with Gasteiger partial charge in [0.2, 0.25) is 11.8 Å². The number of nitrogens with one attached hydrogen (secondary N) is 1. The summed E-state index contributed by atoms with van der Waals surface area (Å²) in [6.07, 6.45) is 0.0763. The molecule has 0 aromatic heterocycles. The Bertz CT molecular complexity index is 569. The van der Waals surface area contributed by atoms with Crippen molar-refractivity contribution in [3.8, 4) is 0 Å². The highest BCUT2D eigenvalue weighted by molar-refractivity contribution is 6.30. The Morgan fingerprint density at radius 2 is 1.79 bits per heavy atom. The fourth-order valence-electron chi connectivity index (χ4n) is 2.75. The van der Waals surface area contributed by atoms with E-state index in [4.69, 9.17) is 16.3 Å². The Balaban J connectivity index is 1.79. The Morgan fingerprint density at radius 3 is 2.38 bits per heavy atom. The van der Waals surface area contributed by atoms with Crippen LogP contribution in [-0.2, 0) is 14.3 Å². The lowest BCUT2D eigenvalue weighted by molar-refractivity contribution is -0.144. The Labute approximate surface area is 147 Å². The molecule has 1 aromatic rings. The molecule has 6 nitrogen and oxygen atoms in total. The number of likely N-dealkylation sites (N-methyl/N-ethyl adjacent to an activating group) is 1. The quantitative estimate of drug-likeness (QED) is 0.877. The van der Waals surface area contributed by atoms with E-state index in [0.717, 1.165) is 0 Å². The minimum Gasteiger partial charge on any atom is -0.372 e. The predicted octanol–water partition coefficient (Wildman–Crippen LogP) is 1.85. The van der Waals surface area contributed by atoms with Crippen LogP contribution < -0.4 is 5.32 Å². The van der Waals surface area contributed by atoms with Crippen LogP contribution >= 0.6 is 11.6 Å². The second-order valence-corrected chi connectivity index (χ2v) is 6.72. The van der Waals surface area contributed by atoms with E-state index in [0.29, 0.717) is 23.8 Å². The van der Waals surface area contributed by atoms with Crippen molar-refractivity contribution in [2.24, 2.45) is 0 Å². The molecule has 1 aliphatic heterocycles. The van der Waals surface area contributed by atoms with E-state index in [1.165, 1.54) is 0 Å². The van der Waals surface area contributed by atoms with Gasteiger partial charge in [-0.1, -0.05) is 11.6 Å². The molecular formula is C17H24ClN3O3. The topological polar surface area (TPSA) is 61.9 Å². The van der Waals surface area contributed by atoms with Gasteiger partial charge in [0.1, 0.15) is 0 Å². The summed E-state index contributed by atoms with van der Waals surface area (Å²) >= 11 is 5.81. The van der Waals surface area contributed by atoms with Crippen LogP contribution in [0.15, 0.2) is 24.3 Å². The normalized spacial score (nSPS) is 21.0. The molecule has 132 valence electrons. The SMILES string of the molecule is C[C@@H]1CN(C(=O)CN(C)CC(=O)Nc2ccc(Cl)cc2)C[C@@H](C)O1. The number of hydrogen-bond donors (Lipinski definition) is 1. The van der Waals surface area contributed by atoms with E-state index in [2.05, 4.69) is 5.32 Å². The van der Waals surface area contributed by atoms with Gasteiger partial charge in [-0.05, 0) is 45.2 Å². The van der Waals surface area contributed by atoms with Crippen molar-refractivity contribution in [3.05, 3.63) is 29.3 Å². The lowest BCUT2D eigenvalue weighted by atomic mass is 10.2. The van der Waals surface area contributed by atoms with Gasteiger partial charge in [-0.15, -0.1) is 0 Å². The fraction of sp³-hybridized carbons (Fsp3) is 0.529. The van der Waals surface area contributed by atoms with E-state index < -0.39 is 0 Å². The zero-order valence-corrected chi connectivity index (χ0v) is 15.0. The number of ether oxygens (including phenoxy) is 1. The van der Waals surface area contributed by atoms with E-state index in [1.54, 1.807) is 41.1 Å². The molecule has 1 heterocycles. The minimum absolute atomic E-state index is 0.0128. The largest absolute Gasteiger partial charge is 0.372 e. The summed E-state index contributed by atoms with van der Waals surface area (Å²) in [5.74, 6) is -0.157. The lowest BCUT2D eigenvalue weighted by Crippen LogP contribution is -2.51. The monoisotopic (exact) mass is 353 g/mol. The molecule has 1 N–H and O–H groups in total. The number of rotatable bonds is 5. The lowest BCUT2D eigenvalue weighted by Gasteiger charge is -2.36. The van der Waals surface area contributed by atoms with Crippen molar-refractivity contribution < 1.29 is 14.3 Å². The van der Waals surface area contributed by atoms with Gasteiger partial charge in [-0.25, -0.2) is 0 Å². The van der Waals surface area contributed by atoms with Crippen LogP contribution in [0.1, 0.15) is 13.8 Å². The molecule has 0 radical (unpaired) electrons. The van der Waals surface area contributed by atoms with Gasteiger partial charge in [-0.2, -0.15) is 0 Å². The van der Waals surface area contributed by atoms with Crippen LogP contribution in [0, 0.1) is 0 Å². The predicted molar refractivity (Wildman–Crippen MR) is 94.2 cm³/mol. The zero-order valence-electron chi connectivity index (χ0n) is 14.3. The number of halogens is 1. The number of anilines is 1. The minimum atomic E-state index is -0.170. The molecule has 0 bridgehead atoms. The van der Waals surface area contributed by atoms with Gasteiger partial charge in [0.15, 0.2) is 0 Å². The highest BCUT2D eigenvalue weighted by atomic mass is 35.5. The number of carbonyl (C=O) groups is 2. The average molecular weight is 354 g/mol. The van der Waals surface area contributed by atoms with Crippen LogP contribution in [0.3, 0.4) is 0 Å². The summed E-state index contributed by atoms with van der Waals surface area (Å²) in [5.41, 5.74) is 0.681. The van der Waals surface area contributed by atoms with Gasteiger partial charge in [0.25, 0.3) is 0 Å². The van der Waals surface area contributed by atoms with Crippen LogP contribution in [-0.4, -0.2) is 67.0 Å². The first-order chi connectivity index (χ1) is 11.3. The molecule has 0 unspecified atom stereocenters. The fourth-order valence-corrected chi connectivity index (χ4v) is 2.87. The van der Waals surface area contributed by atoms with Crippen LogP contribution in [0.25, 0.3) is 0 Å². The van der Waals surface area contributed by atoms with E-state index in [9.17, 15) is 9.59 Å². The number of carbonyl (C=O) groups excluding carboxylic acids is 2. The first-order valence-electron chi connectivity index (χ1n) is 8.00. The van der Waals surface area contributed by atoms with Crippen molar-refractivity contribution in [2.75, 3.05) is 38.5 Å². The van der Waals surface area contributed by atoms with Crippen molar-refractivity contribution in [1.29, 1.82) is 0 Å². The van der Waals surface area contributed by atoms with Crippen molar-refractivity contribution in [1.82, 2.24) is 9.80 Å². The Hall–Kier alpha value is -1.63. The van der Waals surface area contributed by atoms with E-state index >= 15 is 0 Å². The maximum absolute atomic E-state index is 12.4. The summed E-state index contributed by atoms with van der Waals surface area (Å²) in [5, 5.41) is 3.40. The summed E-state index contributed by atoms with van der Waals surface area (Å²) in [6.45, 7) is 5.44. The van der Waals surface area contributed by atoms with Gasteiger partial charge < -0.3 is 15.0 Å². The van der Waals surface area contributed by atoms with Crippen LogP contribution in [0.4, 0.5) is 5.69 Å². The Morgan fingerprint density at radius 1 is 1.21 bits per heavy atom. The molecule has 1 aliphatic rings. The van der Waals surface area contributed by atoms with Crippen molar-refractivity contribution in [3.63, 3.8) is 0 Å². The Kier molecular flexibility index (Phi) is 6.60. The van der Waals surface area contributed by atoms with Gasteiger partial charge >= 0.3 is 0 Å². The molecule has 7 heteroatoms. The molecule has 24 heavy (non-hydrogen) atoms. The second-order valence-electron chi connectivity index (χ2n) is 6.28. The standard InChI is InChI=1S/C17H24ClN3O3/c1-12-8-21(9-13(2)24-12)17(23)11-20(3)10-16(22)19-15-6-4-14(18)5-7-15/h4-7,12-13H,8-11H2,1-3H3,(H,19,22)/t12-,13-/m1/s1. The highest BCUT2D eigenvalue weighted by Crippen LogP contribution is 2.13. The molecule has 0 saturated carbocycles. The third-order valence-electron chi connectivity index (χ3n) is 3.72. The molecule has 1 saturated heterocycles. The maximum atomic E-state index is 12.4. The van der Waals surface area contributed by atoms with Crippen LogP contribution in [0.2, 0.25) is 5.02 Å². The van der Waals surface area contributed by atoms with Crippen molar-refractivity contribution >= 4 is 29.1 Å². The molecule has 2 rings (SSSR count). The highest BCUT2D eigenvalue weighted by Gasteiger charge is 2.26. The molecule has 2 atom stereocenters. The maximum Gasteiger partial charge on any atom is 0.238 e. The number of morpholine rings is 1. The van der Waals surface area contributed by atoms with Crippen LogP contribution in [0.5, 0.6) is 0 Å².